The van der Waals surface area contributed by atoms with Gasteiger partial charge in [0.1, 0.15) is 12.6 Å². The van der Waals surface area contributed by atoms with E-state index in [4.69, 9.17) is 4.74 Å². The van der Waals surface area contributed by atoms with Crippen LogP contribution in [-0.4, -0.2) is 61.3 Å². The van der Waals surface area contributed by atoms with Crippen LogP contribution in [0.25, 0.3) is 11.1 Å². The van der Waals surface area contributed by atoms with Gasteiger partial charge in [0.15, 0.2) is 0 Å². The van der Waals surface area contributed by atoms with E-state index in [0.717, 1.165) is 22.3 Å². The Hall–Kier alpha value is -4.17. The predicted octanol–water partition coefficient (Wildman–Crippen LogP) is 3.79. The molecule has 180 valence electrons. The third-order valence-electron chi connectivity index (χ3n) is 5.90. The summed E-state index contributed by atoms with van der Waals surface area (Å²) in [5, 5.41) is 14.5. The molecule has 0 bridgehead atoms. The van der Waals surface area contributed by atoms with Gasteiger partial charge in [-0.05, 0) is 48.5 Å². The van der Waals surface area contributed by atoms with Gasteiger partial charge in [0.2, 0.25) is 0 Å². The Balaban J connectivity index is 1.44. The summed E-state index contributed by atoms with van der Waals surface area (Å²) in [6.45, 7) is 0.265. The van der Waals surface area contributed by atoms with Crippen molar-refractivity contribution in [3.63, 3.8) is 0 Å². The second-order valence-corrected chi connectivity index (χ2v) is 8.62. The second kappa shape index (κ2) is 10.4. The van der Waals surface area contributed by atoms with Gasteiger partial charge in [-0.25, -0.2) is 9.59 Å². The number of nitrogens with one attached hydrogen (secondary N) is 2. The van der Waals surface area contributed by atoms with Gasteiger partial charge in [-0.1, -0.05) is 60.7 Å². The van der Waals surface area contributed by atoms with Gasteiger partial charge in [0.05, 0.1) is 11.3 Å². The Morgan fingerprint density at radius 2 is 1.49 bits per heavy atom. The fraction of sp³-hybridized carbons (Fsp3) is 0.222. The number of nitrogens with zero attached hydrogens (tertiary/aromatic N) is 1. The first kappa shape index (κ1) is 24.0. The van der Waals surface area contributed by atoms with Crippen molar-refractivity contribution in [2.45, 2.75) is 12.0 Å². The lowest BCUT2D eigenvalue weighted by Crippen LogP contribution is -2.47. The molecule has 8 heteroatoms. The van der Waals surface area contributed by atoms with Crippen molar-refractivity contribution in [1.82, 2.24) is 10.2 Å². The number of para-hydroxylation sites is 1. The van der Waals surface area contributed by atoms with Crippen molar-refractivity contribution >= 4 is 23.7 Å². The SMILES string of the molecule is CN(C)CC(NC(=O)c1ccccc1NC(=O)OCC1c2ccccc2-c2ccccc21)C(=O)O. The van der Waals surface area contributed by atoms with Gasteiger partial charge in [-0.15, -0.1) is 0 Å². The third kappa shape index (κ3) is 5.33. The van der Waals surface area contributed by atoms with Gasteiger partial charge in [-0.3, -0.25) is 10.1 Å². The number of carboxylic acid groups (broad SMARTS) is 1. The smallest absolute Gasteiger partial charge is 0.411 e. The lowest BCUT2D eigenvalue weighted by molar-refractivity contribution is -0.139. The van der Waals surface area contributed by atoms with Crippen LogP contribution in [0, 0.1) is 0 Å². The summed E-state index contributed by atoms with van der Waals surface area (Å²) in [6, 6.07) is 21.4. The van der Waals surface area contributed by atoms with Crippen molar-refractivity contribution in [2.24, 2.45) is 0 Å². The monoisotopic (exact) mass is 473 g/mol. The van der Waals surface area contributed by atoms with E-state index in [1.807, 2.05) is 36.4 Å². The lowest BCUT2D eigenvalue weighted by atomic mass is 9.98. The van der Waals surface area contributed by atoms with Crippen molar-refractivity contribution < 1.29 is 24.2 Å². The molecule has 1 aliphatic carbocycles. The topological polar surface area (TPSA) is 108 Å². The van der Waals surface area contributed by atoms with Crippen molar-refractivity contribution in [2.75, 3.05) is 32.6 Å². The highest BCUT2D eigenvalue weighted by atomic mass is 16.5. The molecule has 2 amide bonds. The molecule has 0 aliphatic heterocycles. The molecule has 0 heterocycles. The number of fused-ring (bicyclic) bond motifs is 3. The molecule has 8 nitrogen and oxygen atoms in total. The van der Waals surface area contributed by atoms with Crippen molar-refractivity contribution in [1.29, 1.82) is 0 Å². The van der Waals surface area contributed by atoms with Crippen LogP contribution in [0.15, 0.2) is 72.8 Å². The molecule has 1 atom stereocenters. The van der Waals surface area contributed by atoms with Crippen LogP contribution in [0.2, 0.25) is 0 Å². The molecule has 0 aromatic heterocycles. The Labute approximate surface area is 203 Å². The molecule has 0 saturated heterocycles. The number of carbonyl (C=O) groups is 3. The van der Waals surface area contributed by atoms with E-state index >= 15 is 0 Å². The maximum Gasteiger partial charge on any atom is 0.411 e. The van der Waals surface area contributed by atoms with Gasteiger partial charge >= 0.3 is 12.1 Å². The quantitative estimate of drug-likeness (QED) is 0.459. The van der Waals surface area contributed by atoms with E-state index in [9.17, 15) is 19.5 Å². The predicted molar refractivity (Wildman–Crippen MR) is 133 cm³/mol. The molecule has 4 rings (SSSR count). The van der Waals surface area contributed by atoms with Crippen LogP contribution in [0.5, 0.6) is 0 Å². The van der Waals surface area contributed by atoms with Crippen LogP contribution in [-0.2, 0) is 9.53 Å². The minimum atomic E-state index is -1.14. The first-order valence-corrected chi connectivity index (χ1v) is 11.2. The minimum absolute atomic E-state index is 0.0888. The molecule has 0 fully saturated rings. The number of rotatable bonds is 8. The first-order valence-electron chi connectivity index (χ1n) is 11.2. The molecule has 0 radical (unpaired) electrons. The molecule has 3 N–H and O–H groups in total. The van der Waals surface area contributed by atoms with Gasteiger partial charge in [-0.2, -0.15) is 0 Å². The van der Waals surface area contributed by atoms with E-state index in [0.29, 0.717) is 0 Å². The maximum atomic E-state index is 12.8. The average Bonchev–Trinajstić information content (AvgIpc) is 3.16. The highest BCUT2D eigenvalue weighted by molar-refractivity contribution is 6.03. The number of benzene rings is 3. The van der Waals surface area contributed by atoms with E-state index in [-0.39, 0.29) is 30.3 Å². The zero-order valence-corrected chi connectivity index (χ0v) is 19.5. The molecular weight excluding hydrogens is 446 g/mol. The molecule has 3 aromatic rings. The lowest BCUT2D eigenvalue weighted by Gasteiger charge is -2.19. The Bertz CT molecular complexity index is 1210. The Morgan fingerprint density at radius 3 is 2.09 bits per heavy atom. The number of hydrogen-bond donors (Lipinski definition) is 3. The Kier molecular flexibility index (Phi) is 7.12. The third-order valence-corrected chi connectivity index (χ3v) is 5.90. The second-order valence-electron chi connectivity index (χ2n) is 8.62. The van der Waals surface area contributed by atoms with Gasteiger partial charge in [0, 0.05) is 12.5 Å². The molecule has 0 saturated carbocycles. The first-order chi connectivity index (χ1) is 16.8. The summed E-state index contributed by atoms with van der Waals surface area (Å²) in [5.74, 6) is -1.84. The normalized spacial score (nSPS) is 13.0. The highest BCUT2D eigenvalue weighted by Crippen LogP contribution is 2.44. The minimum Gasteiger partial charge on any atom is -0.480 e. The maximum absolute atomic E-state index is 12.8. The molecule has 1 unspecified atom stereocenters. The summed E-state index contributed by atoms with van der Waals surface area (Å²) in [6.07, 6.45) is -0.699. The average molecular weight is 474 g/mol. The number of aliphatic carboxylic acids is 1. The molecule has 0 spiro atoms. The van der Waals surface area contributed by atoms with Crippen molar-refractivity contribution in [3.05, 3.63) is 89.5 Å². The summed E-state index contributed by atoms with van der Waals surface area (Å²) in [5.41, 5.74) is 4.83. The molecule has 35 heavy (non-hydrogen) atoms. The fourth-order valence-electron chi connectivity index (χ4n) is 4.32. The zero-order valence-electron chi connectivity index (χ0n) is 19.5. The summed E-state index contributed by atoms with van der Waals surface area (Å²) >= 11 is 0. The van der Waals surface area contributed by atoms with E-state index < -0.39 is 24.0 Å². The van der Waals surface area contributed by atoms with Gasteiger partial charge in [0.25, 0.3) is 5.91 Å². The fourth-order valence-corrected chi connectivity index (χ4v) is 4.32. The van der Waals surface area contributed by atoms with Crippen LogP contribution in [0.4, 0.5) is 10.5 Å². The van der Waals surface area contributed by atoms with Crippen LogP contribution in [0.3, 0.4) is 0 Å². The van der Waals surface area contributed by atoms with Crippen LogP contribution >= 0.6 is 0 Å². The molecular formula is C27H27N3O5. The summed E-state index contributed by atoms with van der Waals surface area (Å²) < 4.78 is 5.57. The van der Waals surface area contributed by atoms with Crippen LogP contribution < -0.4 is 10.6 Å². The summed E-state index contributed by atoms with van der Waals surface area (Å²) in [7, 11) is 3.43. The number of likely N-dealkylation sites (N-methyl/N-ethyl adjacent to an activating group) is 1. The van der Waals surface area contributed by atoms with Crippen LogP contribution in [0.1, 0.15) is 27.4 Å². The number of anilines is 1. The largest absolute Gasteiger partial charge is 0.480 e. The molecule has 3 aromatic carbocycles. The van der Waals surface area contributed by atoms with Gasteiger partial charge < -0.3 is 20.1 Å². The van der Waals surface area contributed by atoms with E-state index in [2.05, 4.69) is 22.8 Å². The standard InChI is InChI=1S/C27H27N3O5/c1-30(2)15-24(26(32)33)28-25(31)21-13-7-8-14-23(21)29-27(34)35-16-22-19-11-5-3-9-17(19)18-10-4-6-12-20(18)22/h3-14,22,24H,15-16H2,1-2H3,(H,28,31)(H,29,34)(H,32,33). The zero-order chi connectivity index (χ0) is 24.9. The number of carboxylic acids is 1. The summed E-state index contributed by atoms with van der Waals surface area (Å²) in [4.78, 5) is 38.7. The number of carbonyl (C=O) groups excluding carboxylic acids is 2. The molecule has 1 aliphatic rings. The van der Waals surface area contributed by atoms with E-state index in [1.54, 1.807) is 37.2 Å². The highest BCUT2D eigenvalue weighted by Gasteiger charge is 2.29. The number of ether oxygens (including phenoxy) is 1. The number of hydrogen-bond acceptors (Lipinski definition) is 5. The Morgan fingerprint density at radius 1 is 0.914 bits per heavy atom. The van der Waals surface area contributed by atoms with Crippen molar-refractivity contribution in [3.8, 4) is 11.1 Å². The number of amides is 2. The van der Waals surface area contributed by atoms with E-state index in [1.165, 1.54) is 6.07 Å².